The van der Waals surface area contributed by atoms with Crippen molar-refractivity contribution in [2.45, 2.75) is 20.0 Å². The molecule has 0 bridgehead atoms. The summed E-state index contributed by atoms with van der Waals surface area (Å²) in [4.78, 5) is 17.4. The molecule has 3 rings (SSSR count). The molecule has 1 amide bonds. The molecule has 1 heterocycles. The van der Waals surface area contributed by atoms with E-state index in [2.05, 4.69) is 68.9 Å². The van der Waals surface area contributed by atoms with Crippen LogP contribution in [0.2, 0.25) is 5.02 Å². The van der Waals surface area contributed by atoms with Crippen LogP contribution in [0.1, 0.15) is 28.4 Å². The number of amides is 1. The molecule has 2 aromatic rings. The van der Waals surface area contributed by atoms with Crippen LogP contribution in [0.25, 0.3) is 0 Å². The maximum Gasteiger partial charge on any atom is 0.252 e. The lowest BCUT2D eigenvalue weighted by atomic mass is 10.1. The zero-order valence-electron chi connectivity index (χ0n) is 15.5. The number of piperazine rings is 1. The molecule has 6 heteroatoms. The SMILES string of the molecule is CCN1CCN(Cc2ccc(CNC(=O)c3cc(Cl)ccc3I)cc2)CC1. The van der Waals surface area contributed by atoms with Gasteiger partial charge < -0.3 is 10.2 Å². The molecule has 0 radical (unpaired) electrons. The fraction of sp³-hybridized carbons (Fsp3) is 0.381. The zero-order valence-corrected chi connectivity index (χ0v) is 18.5. The summed E-state index contributed by atoms with van der Waals surface area (Å²) in [5.41, 5.74) is 3.03. The molecule has 0 spiro atoms. The molecule has 1 saturated heterocycles. The lowest BCUT2D eigenvalue weighted by Crippen LogP contribution is -2.45. The summed E-state index contributed by atoms with van der Waals surface area (Å²) < 4.78 is 0.896. The van der Waals surface area contributed by atoms with Crippen LogP contribution in [-0.2, 0) is 13.1 Å². The van der Waals surface area contributed by atoms with E-state index < -0.39 is 0 Å². The molecular formula is C21H25ClIN3O. The van der Waals surface area contributed by atoms with Gasteiger partial charge in [-0.3, -0.25) is 9.69 Å². The second-order valence-electron chi connectivity index (χ2n) is 6.83. The van der Waals surface area contributed by atoms with E-state index in [-0.39, 0.29) is 5.91 Å². The number of hydrogen-bond donors (Lipinski definition) is 1. The summed E-state index contributed by atoms with van der Waals surface area (Å²) in [6.45, 7) is 9.43. The Labute approximate surface area is 180 Å². The van der Waals surface area contributed by atoms with Crippen molar-refractivity contribution in [3.63, 3.8) is 0 Å². The molecule has 4 nitrogen and oxygen atoms in total. The van der Waals surface area contributed by atoms with Crippen molar-refractivity contribution in [1.82, 2.24) is 15.1 Å². The average molecular weight is 498 g/mol. The second kappa shape index (κ2) is 9.87. The molecule has 27 heavy (non-hydrogen) atoms. The minimum absolute atomic E-state index is 0.0974. The molecular weight excluding hydrogens is 473 g/mol. The van der Waals surface area contributed by atoms with E-state index >= 15 is 0 Å². The van der Waals surface area contributed by atoms with Crippen LogP contribution in [0, 0.1) is 3.57 Å². The minimum Gasteiger partial charge on any atom is -0.348 e. The van der Waals surface area contributed by atoms with Gasteiger partial charge in [-0.25, -0.2) is 0 Å². The molecule has 2 aromatic carbocycles. The van der Waals surface area contributed by atoms with E-state index in [0.717, 1.165) is 48.4 Å². The summed E-state index contributed by atoms with van der Waals surface area (Å²) in [6.07, 6.45) is 0. The van der Waals surface area contributed by atoms with Crippen LogP contribution in [-0.4, -0.2) is 48.4 Å². The van der Waals surface area contributed by atoms with Gasteiger partial charge in [0.05, 0.1) is 5.56 Å². The van der Waals surface area contributed by atoms with E-state index in [4.69, 9.17) is 11.6 Å². The summed E-state index contributed by atoms with van der Waals surface area (Å²) >= 11 is 8.16. The Kier molecular flexibility index (Phi) is 7.52. The first-order chi connectivity index (χ1) is 13.0. The minimum atomic E-state index is -0.0974. The Morgan fingerprint density at radius 3 is 2.33 bits per heavy atom. The highest BCUT2D eigenvalue weighted by Crippen LogP contribution is 2.18. The van der Waals surface area contributed by atoms with Crippen molar-refractivity contribution in [3.8, 4) is 0 Å². The Bertz CT molecular complexity index is 773. The van der Waals surface area contributed by atoms with Crippen LogP contribution in [0.3, 0.4) is 0 Å². The molecule has 0 saturated carbocycles. The van der Waals surface area contributed by atoms with E-state index in [1.165, 1.54) is 5.56 Å². The topological polar surface area (TPSA) is 35.6 Å². The maximum absolute atomic E-state index is 12.4. The predicted molar refractivity (Wildman–Crippen MR) is 119 cm³/mol. The molecule has 0 unspecified atom stereocenters. The molecule has 0 aliphatic carbocycles. The van der Waals surface area contributed by atoms with Crippen molar-refractivity contribution in [3.05, 3.63) is 67.7 Å². The van der Waals surface area contributed by atoms with Gasteiger partial charge in [-0.2, -0.15) is 0 Å². The van der Waals surface area contributed by atoms with Crippen molar-refractivity contribution >= 4 is 40.1 Å². The standard InChI is InChI=1S/C21H25ClIN3O/c1-2-25-9-11-26(12-10-25)15-17-5-3-16(4-6-17)14-24-21(27)19-13-18(22)7-8-20(19)23/h3-8,13H,2,9-12,14-15H2,1H3,(H,24,27). The number of nitrogens with one attached hydrogen (secondary N) is 1. The third-order valence-electron chi connectivity index (χ3n) is 4.97. The molecule has 0 aromatic heterocycles. The van der Waals surface area contributed by atoms with Gasteiger partial charge in [-0.05, 0) is 58.5 Å². The lowest BCUT2D eigenvalue weighted by Gasteiger charge is -2.34. The third kappa shape index (κ3) is 5.91. The third-order valence-corrected chi connectivity index (χ3v) is 6.14. The first kappa shape index (κ1) is 20.6. The quantitative estimate of drug-likeness (QED) is 0.613. The zero-order chi connectivity index (χ0) is 19.2. The Hall–Kier alpha value is -1.15. The first-order valence-electron chi connectivity index (χ1n) is 9.31. The van der Waals surface area contributed by atoms with Crippen molar-refractivity contribution in [1.29, 1.82) is 0 Å². The molecule has 0 atom stereocenters. The normalized spacial score (nSPS) is 15.7. The Morgan fingerprint density at radius 2 is 1.67 bits per heavy atom. The van der Waals surface area contributed by atoms with Crippen LogP contribution in [0.5, 0.6) is 0 Å². The fourth-order valence-corrected chi connectivity index (χ4v) is 3.99. The number of benzene rings is 2. The number of rotatable bonds is 6. The molecule has 1 fully saturated rings. The van der Waals surface area contributed by atoms with E-state index in [1.54, 1.807) is 12.1 Å². The van der Waals surface area contributed by atoms with Crippen molar-refractivity contribution in [2.24, 2.45) is 0 Å². The number of carbonyl (C=O) groups excluding carboxylic acids is 1. The predicted octanol–water partition coefficient (Wildman–Crippen LogP) is 4.01. The highest BCUT2D eigenvalue weighted by Gasteiger charge is 2.15. The number of nitrogens with zero attached hydrogens (tertiary/aromatic N) is 2. The molecule has 1 aliphatic heterocycles. The fourth-order valence-electron chi connectivity index (χ4n) is 3.23. The molecule has 1 aliphatic rings. The summed E-state index contributed by atoms with van der Waals surface area (Å²) in [7, 11) is 0. The Balaban J connectivity index is 1.50. The lowest BCUT2D eigenvalue weighted by molar-refractivity contribution is 0.0950. The van der Waals surface area contributed by atoms with Crippen molar-refractivity contribution < 1.29 is 4.79 Å². The molecule has 1 N–H and O–H groups in total. The summed E-state index contributed by atoms with van der Waals surface area (Å²) in [6, 6.07) is 13.9. The number of halogens is 2. The van der Waals surface area contributed by atoms with Gasteiger partial charge in [-0.1, -0.05) is 42.8 Å². The molecule has 144 valence electrons. The highest BCUT2D eigenvalue weighted by molar-refractivity contribution is 14.1. The van der Waals surface area contributed by atoms with Crippen LogP contribution < -0.4 is 5.32 Å². The maximum atomic E-state index is 12.4. The van der Waals surface area contributed by atoms with E-state index in [9.17, 15) is 4.79 Å². The van der Waals surface area contributed by atoms with Gasteiger partial charge >= 0.3 is 0 Å². The van der Waals surface area contributed by atoms with Crippen LogP contribution in [0.4, 0.5) is 0 Å². The second-order valence-corrected chi connectivity index (χ2v) is 8.43. The monoisotopic (exact) mass is 497 g/mol. The van der Waals surface area contributed by atoms with Gasteiger partial charge in [0.1, 0.15) is 0 Å². The average Bonchev–Trinajstić information content (AvgIpc) is 2.69. The number of likely N-dealkylation sites (N-methyl/N-ethyl adjacent to an activating group) is 1. The summed E-state index contributed by atoms with van der Waals surface area (Å²) in [5, 5.41) is 3.55. The highest BCUT2D eigenvalue weighted by atomic mass is 127. The largest absolute Gasteiger partial charge is 0.348 e. The van der Waals surface area contributed by atoms with Gasteiger partial charge in [0.2, 0.25) is 0 Å². The van der Waals surface area contributed by atoms with E-state index in [1.807, 2.05) is 6.07 Å². The first-order valence-corrected chi connectivity index (χ1v) is 10.8. The van der Waals surface area contributed by atoms with Crippen LogP contribution >= 0.6 is 34.2 Å². The van der Waals surface area contributed by atoms with Crippen LogP contribution in [0.15, 0.2) is 42.5 Å². The summed E-state index contributed by atoms with van der Waals surface area (Å²) in [5.74, 6) is -0.0974. The van der Waals surface area contributed by atoms with E-state index in [0.29, 0.717) is 17.1 Å². The number of carbonyl (C=O) groups is 1. The Morgan fingerprint density at radius 1 is 1.04 bits per heavy atom. The van der Waals surface area contributed by atoms with Gasteiger partial charge in [-0.15, -0.1) is 0 Å². The smallest absolute Gasteiger partial charge is 0.252 e. The number of hydrogen-bond acceptors (Lipinski definition) is 3. The van der Waals surface area contributed by atoms with Crippen molar-refractivity contribution in [2.75, 3.05) is 32.7 Å². The van der Waals surface area contributed by atoms with Gasteiger partial charge in [0.15, 0.2) is 0 Å². The van der Waals surface area contributed by atoms with Gasteiger partial charge in [0, 0.05) is 47.9 Å². The van der Waals surface area contributed by atoms with Gasteiger partial charge in [0.25, 0.3) is 5.91 Å².